The lowest BCUT2D eigenvalue weighted by Crippen LogP contribution is -2.13. The number of amides is 1. The molecule has 1 aliphatic heterocycles. The maximum atomic E-state index is 11.7. The Labute approximate surface area is 124 Å². The van der Waals surface area contributed by atoms with Gasteiger partial charge in [0.15, 0.2) is 5.75 Å². The highest BCUT2D eigenvalue weighted by molar-refractivity contribution is 14.1. The van der Waals surface area contributed by atoms with E-state index in [4.69, 9.17) is 8.92 Å². The number of ether oxygens (including phenoxy) is 1. The number of nitrogens with one attached hydrogen (secondary N) is 1. The Bertz CT molecular complexity index is 641. The summed E-state index contributed by atoms with van der Waals surface area (Å²) < 4.78 is 33.5. The average molecular weight is 397 g/mol. The lowest BCUT2D eigenvalue weighted by Gasteiger charge is -2.14. The quantitative estimate of drug-likeness (QED) is 0.606. The number of fused-ring (bicyclic) bond motifs is 1. The van der Waals surface area contributed by atoms with Gasteiger partial charge in [-0.05, 0) is 28.7 Å². The second-order valence-electron chi connectivity index (χ2n) is 4.10. The number of hydrogen-bond acceptors (Lipinski definition) is 5. The molecule has 1 amide bonds. The van der Waals surface area contributed by atoms with Gasteiger partial charge in [-0.25, -0.2) is 0 Å². The zero-order chi connectivity index (χ0) is 14.2. The van der Waals surface area contributed by atoms with Gasteiger partial charge in [-0.15, -0.1) is 0 Å². The fourth-order valence-corrected chi connectivity index (χ4v) is 3.39. The van der Waals surface area contributed by atoms with Crippen LogP contribution in [0.1, 0.15) is 21.5 Å². The van der Waals surface area contributed by atoms with Gasteiger partial charge in [-0.2, -0.15) is 8.42 Å². The average Bonchev–Trinajstić information content (AvgIpc) is 2.66. The normalized spacial score (nSPS) is 14.2. The van der Waals surface area contributed by atoms with Crippen molar-refractivity contribution in [3.8, 4) is 5.75 Å². The first-order chi connectivity index (χ1) is 8.83. The Morgan fingerprint density at radius 3 is 2.74 bits per heavy atom. The second kappa shape index (κ2) is 5.25. The third-order valence-electron chi connectivity index (χ3n) is 2.59. The number of carbonyl (C=O) groups is 1. The van der Waals surface area contributed by atoms with E-state index >= 15 is 0 Å². The molecule has 0 saturated carbocycles. The molecular weight excluding hydrogens is 385 g/mol. The third kappa shape index (κ3) is 3.00. The van der Waals surface area contributed by atoms with Crippen molar-refractivity contribution in [1.82, 2.24) is 5.32 Å². The molecule has 19 heavy (non-hydrogen) atoms. The third-order valence-corrected chi connectivity index (χ3v) is 3.91. The van der Waals surface area contributed by atoms with E-state index in [0.29, 0.717) is 16.7 Å². The summed E-state index contributed by atoms with van der Waals surface area (Å²) in [6, 6.07) is 1.70. The summed E-state index contributed by atoms with van der Waals surface area (Å²) in [5, 5.41) is 2.66. The molecule has 1 aliphatic rings. The standard InChI is InChI=1S/C11H12INO5S/c1-17-5-6-3-8(12)9-7(4-13-11(9)14)10(6)18-19(2,15)16/h3H,4-5H2,1-2H3,(H,13,14). The number of halogens is 1. The SMILES string of the molecule is COCc1cc(I)c2c(c1OS(C)(=O)=O)CNC2=O. The van der Waals surface area contributed by atoms with Gasteiger partial charge in [0.1, 0.15) is 0 Å². The van der Waals surface area contributed by atoms with Gasteiger partial charge < -0.3 is 14.2 Å². The van der Waals surface area contributed by atoms with E-state index in [1.807, 2.05) is 22.6 Å². The maximum absolute atomic E-state index is 11.7. The van der Waals surface area contributed by atoms with Crippen LogP contribution in [0, 0.1) is 3.57 Å². The molecule has 1 heterocycles. The molecule has 0 atom stereocenters. The smallest absolute Gasteiger partial charge is 0.306 e. The Balaban J connectivity index is 2.64. The Morgan fingerprint density at radius 1 is 1.47 bits per heavy atom. The first-order valence-corrected chi connectivity index (χ1v) is 8.24. The van der Waals surface area contributed by atoms with Crippen molar-refractivity contribution >= 4 is 38.6 Å². The van der Waals surface area contributed by atoms with Gasteiger partial charge in [0.25, 0.3) is 5.91 Å². The molecule has 1 aromatic rings. The lowest BCUT2D eigenvalue weighted by molar-refractivity contribution is 0.0965. The summed E-state index contributed by atoms with van der Waals surface area (Å²) in [5.74, 6) is -0.0279. The van der Waals surface area contributed by atoms with Crippen molar-refractivity contribution in [3.05, 3.63) is 26.3 Å². The zero-order valence-corrected chi connectivity index (χ0v) is 13.3. The van der Waals surface area contributed by atoms with E-state index in [1.165, 1.54) is 7.11 Å². The number of carbonyl (C=O) groups excluding carboxylic acids is 1. The van der Waals surface area contributed by atoms with E-state index < -0.39 is 10.1 Å². The highest BCUT2D eigenvalue weighted by atomic mass is 127. The van der Waals surface area contributed by atoms with Crippen molar-refractivity contribution in [2.75, 3.05) is 13.4 Å². The van der Waals surface area contributed by atoms with Crippen LogP contribution in [0.2, 0.25) is 0 Å². The highest BCUT2D eigenvalue weighted by Gasteiger charge is 2.29. The molecule has 0 unspecified atom stereocenters. The molecule has 0 bridgehead atoms. The predicted octanol–water partition coefficient (Wildman–Crippen LogP) is 1.02. The molecule has 8 heteroatoms. The van der Waals surface area contributed by atoms with Crippen LogP contribution in [0.5, 0.6) is 5.75 Å². The molecular formula is C11H12INO5S. The van der Waals surface area contributed by atoms with Crippen LogP contribution in [-0.4, -0.2) is 27.7 Å². The monoisotopic (exact) mass is 397 g/mol. The molecule has 0 fully saturated rings. The van der Waals surface area contributed by atoms with Crippen LogP contribution in [0.4, 0.5) is 0 Å². The topological polar surface area (TPSA) is 81.7 Å². The van der Waals surface area contributed by atoms with Crippen molar-refractivity contribution in [2.45, 2.75) is 13.2 Å². The van der Waals surface area contributed by atoms with Crippen LogP contribution in [0.15, 0.2) is 6.07 Å². The Morgan fingerprint density at radius 2 is 2.16 bits per heavy atom. The maximum Gasteiger partial charge on any atom is 0.306 e. The van der Waals surface area contributed by atoms with Gasteiger partial charge in [0.05, 0.1) is 18.4 Å². The molecule has 0 aromatic heterocycles. The van der Waals surface area contributed by atoms with Gasteiger partial charge in [0.2, 0.25) is 0 Å². The molecule has 1 N–H and O–H groups in total. The first kappa shape index (κ1) is 14.5. The van der Waals surface area contributed by atoms with Gasteiger partial charge >= 0.3 is 10.1 Å². The molecule has 2 rings (SSSR count). The Kier molecular flexibility index (Phi) is 4.02. The van der Waals surface area contributed by atoms with E-state index in [1.54, 1.807) is 6.07 Å². The Hall–Kier alpha value is -0.870. The minimum atomic E-state index is -3.67. The number of methoxy groups -OCH3 is 1. The number of benzene rings is 1. The van der Waals surface area contributed by atoms with Crippen LogP contribution in [0.25, 0.3) is 0 Å². The van der Waals surface area contributed by atoms with Crippen LogP contribution in [0.3, 0.4) is 0 Å². The second-order valence-corrected chi connectivity index (χ2v) is 6.84. The zero-order valence-electron chi connectivity index (χ0n) is 10.3. The predicted molar refractivity (Wildman–Crippen MR) is 76.5 cm³/mol. The summed E-state index contributed by atoms with van der Waals surface area (Å²) in [7, 11) is -2.16. The molecule has 1 aromatic carbocycles. The van der Waals surface area contributed by atoms with Gasteiger partial charge in [-0.3, -0.25) is 4.79 Å². The molecule has 0 spiro atoms. The summed E-state index contributed by atoms with van der Waals surface area (Å²) in [6.45, 7) is 0.467. The molecule has 104 valence electrons. The van der Waals surface area contributed by atoms with Crippen molar-refractivity contribution < 1.29 is 22.1 Å². The molecule has 0 radical (unpaired) electrons. The van der Waals surface area contributed by atoms with E-state index in [-0.39, 0.29) is 24.8 Å². The fourth-order valence-electron chi connectivity index (χ4n) is 1.93. The summed E-state index contributed by atoms with van der Waals surface area (Å²) in [5.41, 5.74) is 1.64. The minimum absolute atomic E-state index is 0.193. The van der Waals surface area contributed by atoms with Crippen molar-refractivity contribution in [3.63, 3.8) is 0 Å². The fraction of sp³-hybridized carbons (Fsp3) is 0.364. The summed E-state index contributed by atoms with van der Waals surface area (Å²) in [6.07, 6.45) is 0.970. The van der Waals surface area contributed by atoms with Crippen LogP contribution >= 0.6 is 22.6 Å². The number of rotatable bonds is 4. The molecule has 6 nitrogen and oxygen atoms in total. The van der Waals surface area contributed by atoms with E-state index in [0.717, 1.165) is 9.83 Å². The van der Waals surface area contributed by atoms with E-state index in [9.17, 15) is 13.2 Å². The molecule has 0 aliphatic carbocycles. The van der Waals surface area contributed by atoms with Gasteiger partial charge in [0, 0.05) is 28.4 Å². The summed E-state index contributed by atoms with van der Waals surface area (Å²) >= 11 is 2.04. The van der Waals surface area contributed by atoms with Crippen molar-refractivity contribution in [2.24, 2.45) is 0 Å². The highest BCUT2D eigenvalue weighted by Crippen LogP contribution is 2.35. The molecule has 0 saturated heterocycles. The first-order valence-electron chi connectivity index (χ1n) is 5.34. The largest absolute Gasteiger partial charge is 0.382 e. The van der Waals surface area contributed by atoms with Crippen LogP contribution < -0.4 is 9.50 Å². The number of hydrogen-bond donors (Lipinski definition) is 1. The lowest BCUT2D eigenvalue weighted by atomic mass is 10.0. The van der Waals surface area contributed by atoms with Crippen molar-refractivity contribution in [1.29, 1.82) is 0 Å². The van der Waals surface area contributed by atoms with Gasteiger partial charge in [-0.1, -0.05) is 0 Å². The van der Waals surface area contributed by atoms with E-state index in [2.05, 4.69) is 5.32 Å². The van der Waals surface area contributed by atoms with Crippen LogP contribution in [-0.2, 0) is 28.0 Å². The summed E-state index contributed by atoms with van der Waals surface area (Å²) in [4.78, 5) is 11.7. The minimum Gasteiger partial charge on any atom is -0.382 e.